The van der Waals surface area contributed by atoms with Crippen LogP contribution in [0.2, 0.25) is 0 Å². The highest BCUT2D eigenvalue weighted by Crippen LogP contribution is 2.41. The van der Waals surface area contributed by atoms with Gasteiger partial charge in [-0.2, -0.15) is 4.37 Å². The van der Waals surface area contributed by atoms with Crippen LogP contribution in [0.1, 0.15) is 126 Å². The molecule has 1 aliphatic rings. The maximum Gasteiger partial charge on any atom is 0.498 e. The zero-order valence-electron chi connectivity index (χ0n) is 54.4. The Balaban J connectivity index is 0.000000216. The fourth-order valence-corrected chi connectivity index (χ4v) is 11.5. The molecule has 0 spiro atoms. The van der Waals surface area contributed by atoms with Crippen molar-refractivity contribution in [1.29, 1.82) is 0 Å². The Hall–Kier alpha value is -7.82. The van der Waals surface area contributed by atoms with E-state index < -0.39 is 18.3 Å². The van der Waals surface area contributed by atoms with E-state index in [2.05, 4.69) is 143 Å². The average Bonchev–Trinajstić information content (AvgIpc) is 1.79. The van der Waals surface area contributed by atoms with Crippen LogP contribution in [0, 0.1) is 13.8 Å². The van der Waals surface area contributed by atoms with Crippen molar-refractivity contribution in [3.05, 3.63) is 219 Å². The van der Waals surface area contributed by atoms with E-state index in [1.807, 2.05) is 121 Å². The highest BCUT2D eigenvalue weighted by Gasteiger charge is 2.52. The summed E-state index contributed by atoms with van der Waals surface area (Å²) in [5, 5.41) is 0.797. The molecule has 0 radical (unpaired) electrons. The molecule has 15 heteroatoms. The summed E-state index contributed by atoms with van der Waals surface area (Å²) in [5.41, 5.74) is 9.59. The topological polar surface area (TPSA) is 118 Å². The Bertz CT molecular complexity index is 3750. The molecule has 9 aromatic rings. The average molecular weight is 1310 g/mol. The van der Waals surface area contributed by atoms with Crippen LogP contribution < -0.4 is 43.4 Å². The molecule has 0 saturated carbocycles. The maximum atomic E-state index is 6.44. The van der Waals surface area contributed by atoms with Gasteiger partial charge in [0.05, 0.1) is 43.2 Å². The summed E-state index contributed by atoms with van der Waals surface area (Å²) in [4.78, 5) is 4.55. The van der Waals surface area contributed by atoms with E-state index in [1.165, 1.54) is 11.5 Å². The second-order valence-corrected chi connectivity index (χ2v) is 24.9. The highest BCUT2D eigenvalue weighted by atomic mass is 79.9. The summed E-state index contributed by atoms with van der Waals surface area (Å²) >= 11 is 4.72. The first-order valence-electron chi connectivity index (χ1n) is 31.9. The lowest BCUT2D eigenvalue weighted by molar-refractivity contribution is 0.00578. The minimum absolute atomic E-state index is 0.429. The lowest BCUT2D eigenvalue weighted by Crippen LogP contribution is -2.41. The van der Waals surface area contributed by atoms with Crippen LogP contribution in [0.5, 0.6) is 57.5 Å². The summed E-state index contributed by atoms with van der Waals surface area (Å²) in [6, 6.07) is 56.7. The Labute approximate surface area is 551 Å². The van der Waals surface area contributed by atoms with Crippen molar-refractivity contribution in [2.45, 2.75) is 145 Å². The van der Waals surface area contributed by atoms with Gasteiger partial charge in [-0.3, -0.25) is 0 Å². The summed E-state index contributed by atoms with van der Waals surface area (Å²) in [6.45, 7) is 23.9. The van der Waals surface area contributed by atoms with E-state index in [9.17, 15) is 0 Å². The molecule has 8 aromatic carbocycles. The predicted octanol–water partition coefficient (Wildman–Crippen LogP) is 19.0. The van der Waals surface area contributed by atoms with Gasteiger partial charge in [-0.1, -0.05) is 156 Å². The Kier molecular flexibility index (Phi) is 24.5. The minimum Gasteiger partial charge on any atom is -0.493 e. The monoisotopic (exact) mass is 1310 g/mol. The first-order chi connectivity index (χ1) is 44.2. The number of hydrogen-bond donors (Lipinski definition) is 0. The first kappa shape index (κ1) is 67.6. The molecule has 10 rings (SSSR count). The lowest BCUT2D eigenvalue weighted by atomic mass is 9.77. The van der Waals surface area contributed by atoms with Crippen molar-refractivity contribution >= 4 is 40.0 Å². The summed E-state index contributed by atoms with van der Waals surface area (Å²) in [5.74, 6) is 8.14. The Morgan fingerprint density at radius 2 is 0.868 bits per heavy atom. The van der Waals surface area contributed by atoms with E-state index in [-0.39, 0.29) is 0 Å². The van der Waals surface area contributed by atoms with Crippen molar-refractivity contribution < 1.29 is 47.2 Å². The molecule has 0 amide bonds. The number of halogens is 1. The van der Waals surface area contributed by atoms with Gasteiger partial charge in [0.2, 0.25) is 4.73 Å². The fraction of sp³-hybridized carbons (Fsp3) is 0.342. The second kappa shape index (κ2) is 33.0. The molecule has 12 nitrogen and oxygen atoms in total. The van der Waals surface area contributed by atoms with E-state index in [1.54, 1.807) is 0 Å². The molecule has 476 valence electrons. The van der Waals surface area contributed by atoms with Crippen LogP contribution in [0.3, 0.4) is 0 Å². The fourth-order valence-electron chi connectivity index (χ4n) is 10.4. The van der Waals surface area contributed by atoms with Crippen molar-refractivity contribution in [1.82, 2.24) is 9.36 Å². The molecular weight excluding hydrogens is 1220 g/mol. The van der Waals surface area contributed by atoms with E-state index in [4.69, 9.17) is 47.2 Å². The van der Waals surface area contributed by atoms with E-state index >= 15 is 0 Å². The summed E-state index contributed by atoms with van der Waals surface area (Å²) in [7, 11) is -0.540. The quantitative estimate of drug-likeness (QED) is 0.0315. The molecule has 2 heterocycles. The number of aryl methyl sites for hydroxylation is 4. The number of ether oxygens (including phenoxy) is 8. The van der Waals surface area contributed by atoms with Crippen LogP contribution >= 0.6 is 27.5 Å². The molecule has 0 bridgehead atoms. The highest BCUT2D eigenvalue weighted by molar-refractivity contribution is 9.10. The maximum absolute atomic E-state index is 6.44. The minimum atomic E-state index is -0.540. The Morgan fingerprint density at radius 1 is 0.451 bits per heavy atom. The largest absolute Gasteiger partial charge is 0.498 e. The van der Waals surface area contributed by atoms with Crippen LogP contribution in [0.25, 0.3) is 10.6 Å². The number of nitrogens with zero attached hydrogens (tertiary/aromatic N) is 2. The zero-order chi connectivity index (χ0) is 64.2. The van der Waals surface area contributed by atoms with Gasteiger partial charge in [0.15, 0.2) is 0 Å². The van der Waals surface area contributed by atoms with Gasteiger partial charge < -0.3 is 47.2 Å². The number of hydrogen-bond acceptors (Lipinski definition) is 13. The van der Waals surface area contributed by atoms with Gasteiger partial charge in [-0.25, -0.2) is 4.98 Å². The van der Waals surface area contributed by atoms with E-state index in [0.717, 1.165) is 164 Å². The third kappa shape index (κ3) is 18.2. The van der Waals surface area contributed by atoms with Crippen molar-refractivity contribution in [3.8, 4) is 68.1 Å². The van der Waals surface area contributed by atoms with Gasteiger partial charge in [-0.05, 0) is 171 Å². The summed E-state index contributed by atoms with van der Waals surface area (Å²) < 4.78 is 68.5. The summed E-state index contributed by atoms with van der Waals surface area (Å²) in [6.07, 6.45) is 6.78. The molecule has 1 aromatic heterocycles. The number of aromatic nitrogens is 2. The Morgan fingerprint density at radius 3 is 1.32 bits per heavy atom. The standard InChI is InChI=1S/C40H49BO6.C36H37BrN2O4S/c1-8-17-32-35(22-15-23-36(32)45-34-21-14-13-18-29(34)3)42-24-16-25-43-37-27-38(44-28-30-19-11-10-12-20-30)33(26-31(37)9-2)41-46-39(4,5)40(6,7)47-41;1-4-13-28-31(18-11-19-32(28)43-30-17-10-9-14-25(30)3)40-20-12-21-41-33-23-34(42-24-26-15-7-6-8-16-26)29(22-27(33)5-2)35-38-36(37)39-44-35/h10-15,18-23,26-27H,8-9,16-17,24-25,28H2,1-7H3;6-11,14-19,22-23H,4-5,12-13,20-21,24H2,1-3H3. The molecule has 1 saturated heterocycles. The van der Waals surface area contributed by atoms with Crippen molar-refractivity contribution in [2.75, 3.05) is 26.4 Å². The number of para-hydroxylation sites is 2. The molecular formula is C76H86BBrN2O10S. The van der Waals surface area contributed by atoms with Crippen LogP contribution in [0.4, 0.5) is 0 Å². The first-order valence-corrected chi connectivity index (χ1v) is 33.5. The third-order valence-electron chi connectivity index (χ3n) is 16.1. The molecule has 1 fully saturated rings. The van der Waals surface area contributed by atoms with Gasteiger partial charge in [-0.15, -0.1) is 0 Å². The molecule has 0 unspecified atom stereocenters. The second-order valence-electron chi connectivity index (χ2n) is 23.5. The van der Waals surface area contributed by atoms with Crippen LogP contribution in [-0.4, -0.2) is 54.1 Å². The molecule has 1 aliphatic heterocycles. The van der Waals surface area contributed by atoms with Gasteiger partial charge in [0.25, 0.3) is 0 Å². The van der Waals surface area contributed by atoms with E-state index in [0.29, 0.717) is 50.1 Å². The predicted molar refractivity (Wildman–Crippen MR) is 370 cm³/mol. The SMILES string of the molecule is CCCc1c(OCCCOc2cc(OCc3ccccc3)c(-c3nc(Br)ns3)cc2CC)cccc1Oc1ccccc1C.CCCc1c(OCCCOc2cc(OCc3ccccc3)c(B3OC(C)(C)C(C)(C)O3)cc2CC)cccc1Oc1ccccc1C. The molecule has 0 aliphatic carbocycles. The normalized spacial score (nSPS) is 13.0. The third-order valence-corrected chi connectivity index (χ3v) is 17.5. The van der Waals surface area contributed by atoms with Crippen LogP contribution in [-0.2, 0) is 48.2 Å². The van der Waals surface area contributed by atoms with Crippen molar-refractivity contribution in [2.24, 2.45) is 0 Å². The number of benzene rings is 8. The van der Waals surface area contributed by atoms with Gasteiger partial charge >= 0.3 is 7.12 Å². The number of rotatable bonds is 30. The lowest BCUT2D eigenvalue weighted by Gasteiger charge is -2.32. The van der Waals surface area contributed by atoms with Gasteiger partial charge in [0, 0.05) is 41.6 Å². The zero-order valence-corrected chi connectivity index (χ0v) is 56.8. The molecule has 0 N–H and O–H groups in total. The van der Waals surface area contributed by atoms with Crippen LogP contribution in [0.15, 0.2) is 175 Å². The molecule has 0 atom stereocenters. The smallest absolute Gasteiger partial charge is 0.493 e. The van der Waals surface area contributed by atoms with Crippen molar-refractivity contribution in [3.63, 3.8) is 0 Å². The van der Waals surface area contributed by atoms with Gasteiger partial charge in [0.1, 0.15) is 75.7 Å². The molecule has 91 heavy (non-hydrogen) atoms.